The van der Waals surface area contributed by atoms with E-state index in [0.717, 1.165) is 4.47 Å². The summed E-state index contributed by atoms with van der Waals surface area (Å²) < 4.78 is 1.16. The Labute approximate surface area is 151 Å². The van der Waals surface area contributed by atoms with Crippen LogP contribution < -0.4 is 5.32 Å². The monoisotopic (exact) mass is 382 g/mol. The third-order valence-electron chi connectivity index (χ3n) is 5.17. The molecule has 2 nitrogen and oxygen atoms in total. The van der Waals surface area contributed by atoms with Gasteiger partial charge in [0.15, 0.2) is 0 Å². The van der Waals surface area contributed by atoms with Crippen LogP contribution in [0.25, 0.3) is 10.9 Å². The van der Waals surface area contributed by atoms with Crippen LogP contribution in [0.5, 0.6) is 0 Å². The number of aromatic nitrogens is 1. The molecule has 0 saturated carbocycles. The zero-order valence-corrected chi connectivity index (χ0v) is 15.6. The standard InChI is InChI=1S/C21H23BrN2/c1-14(15-7-3-2-4-8-15)23-20-10-6-5-9-17-18-13-16(22)11-12-19(18)24-21(17)20/h2-4,7-8,11-14,20,23-24H,5-6,9-10H2,1H3/t14-,20?/m1/s1. The third-order valence-corrected chi connectivity index (χ3v) is 5.66. The first-order chi connectivity index (χ1) is 11.7. The molecular formula is C21H23BrN2. The average molecular weight is 383 g/mol. The zero-order chi connectivity index (χ0) is 16.5. The van der Waals surface area contributed by atoms with Gasteiger partial charge in [0.25, 0.3) is 0 Å². The Morgan fingerprint density at radius 1 is 1.12 bits per heavy atom. The molecule has 0 aliphatic heterocycles. The van der Waals surface area contributed by atoms with E-state index in [0.29, 0.717) is 12.1 Å². The molecule has 0 fully saturated rings. The van der Waals surface area contributed by atoms with Crippen LogP contribution in [0.4, 0.5) is 0 Å². The van der Waals surface area contributed by atoms with Gasteiger partial charge in [-0.1, -0.05) is 52.7 Å². The van der Waals surface area contributed by atoms with Gasteiger partial charge in [-0.2, -0.15) is 0 Å². The molecule has 2 atom stereocenters. The molecule has 1 heterocycles. The number of benzene rings is 2. The molecule has 3 heteroatoms. The van der Waals surface area contributed by atoms with Crippen LogP contribution in [0, 0.1) is 0 Å². The molecule has 4 rings (SSSR count). The number of hydrogen-bond donors (Lipinski definition) is 2. The topological polar surface area (TPSA) is 27.8 Å². The fourth-order valence-corrected chi connectivity index (χ4v) is 4.27. The summed E-state index contributed by atoms with van der Waals surface area (Å²) in [6.45, 7) is 2.26. The van der Waals surface area contributed by atoms with Crippen LogP contribution in [-0.4, -0.2) is 4.98 Å². The highest BCUT2D eigenvalue weighted by Gasteiger charge is 2.24. The molecule has 1 aliphatic carbocycles. The molecular weight excluding hydrogens is 360 g/mol. The molecule has 0 radical (unpaired) electrons. The molecule has 1 aromatic heterocycles. The SMILES string of the molecule is C[C@@H](NC1CCCCc2c1[nH]c1ccc(Br)cc21)c1ccccc1. The van der Waals surface area contributed by atoms with Gasteiger partial charge >= 0.3 is 0 Å². The summed E-state index contributed by atoms with van der Waals surface area (Å²) in [5.41, 5.74) is 5.50. The molecule has 1 aliphatic rings. The highest BCUT2D eigenvalue weighted by atomic mass is 79.9. The van der Waals surface area contributed by atoms with Gasteiger partial charge in [0.05, 0.1) is 0 Å². The van der Waals surface area contributed by atoms with Crippen molar-refractivity contribution in [2.45, 2.75) is 44.7 Å². The van der Waals surface area contributed by atoms with Gasteiger partial charge in [-0.05, 0) is 55.5 Å². The number of rotatable bonds is 3. The maximum absolute atomic E-state index is 3.86. The lowest BCUT2D eigenvalue weighted by atomic mass is 10.0. The maximum atomic E-state index is 3.86. The second-order valence-corrected chi connectivity index (χ2v) is 7.72. The van der Waals surface area contributed by atoms with E-state index in [1.165, 1.54) is 53.4 Å². The molecule has 2 N–H and O–H groups in total. The summed E-state index contributed by atoms with van der Waals surface area (Å²) >= 11 is 3.62. The molecule has 0 saturated heterocycles. The number of hydrogen-bond acceptors (Lipinski definition) is 1. The van der Waals surface area contributed by atoms with Gasteiger partial charge in [-0.25, -0.2) is 0 Å². The second kappa shape index (κ2) is 6.73. The van der Waals surface area contributed by atoms with Gasteiger partial charge in [-0.3, -0.25) is 0 Å². The van der Waals surface area contributed by atoms with E-state index in [4.69, 9.17) is 0 Å². The van der Waals surface area contributed by atoms with Crippen molar-refractivity contribution in [1.29, 1.82) is 0 Å². The van der Waals surface area contributed by atoms with Crippen molar-refractivity contribution < 1.29 is 0 Å². The van der Waals surface area contributed by atoms with E-state index in [2.05, 4.69) is 81.7 Å². The summed E-state index contributed by atoms with van der Waals surface area (Å²) in [5, 5.41) is 5.24. The number of aromatic amines is 1. The first kappa shape index (κ1) is 15.9. The highest BCUT2D eigenvalue weighted by molar-refractivity contribution is 9.10. The fourth-order valence-electron chi connectivity index (χ4n) is 3.91. The minimum atomic E-state index is 0.347. The normalized spacial score (nSPS) is 19.0. The van der Waals surface area contributed by atoms with Gasteiger partial charge in [0.1, 0.15) is 0 Å². The Morgan fingerprint density at radius 2 is 1.96 bits per heavy atom. The van der Waals surface area contributed by atoms with Crippen LogP contribution >= 0.6 is 15.9 Å². The molecule has 24 heavy (non-hydrogen) atoms. The lowest BCUT2D eigenvalue weighted by molar-refractivity contribution is 0.431. The number of nitrogens with one attached hydrogen (secondary N) is 2. The quantitative estimate of drug-likeness (QED) is 0.530. The number of aryl methyl sites for hydroxylation is 1. The summed E-state index contributed by atoms with van der Waals surface area (Å²) in [7, 11) is 0. The van der Waals surface area contributed by atoms with Gasteiger partial charge in [0, 0.05) is 33.2 Å². The van der Waals surface area contributed by atoms with Crippen LogP contribution in [0.15, 0.2) is 53.0 Å². The summed E-state index contributed by atoms with van der Waals surface area (Å²) in [4.78, 5) is 3.71. The molecule has 0 amide bonds. The molecule has 124 valence electrons. The summed E-state index contributed by atoms with van der Waals surface area (Å²) in [6, 6.07) is 18.0. The Balaban J connectivity index is 1.69. The first-order valence-electron chi connectivity index (χ1n) is 8.83. The average Bonchev–Trinajstić information content (AvgIpc) is 2.84. The zero-order valence-electron chi connectivity index (χ0n) is 14.0. The Kier molecular flexibility index (Phi) is 4.47. The number of halogens is 1. The van der Waals surface area contributed by atoms with Crippen molar-refractivity contribution in [3.05, 3.63) is 69.8 Å². The van der Waals surface area contributed by atoms with Crippen molar-refractivity contribution in [3.63, 3.8) is 0 Å². The molecule has 0 bridgehead atoms. The van der Waals surface area contributed by atoms with E-state index >= 15 is 0 Å². The molecule has 0 spiro atoms. The number of H-pyrrole nitrogens is 1. The molecule has 1 unspecified atom stereocenters. The first-order valence-corrected chi connectivity index (χ1v) is 9.62. The molecule has 3 aromatic rings. The van der Waals surface area contributed by atoms with Crippen LogP contribution in [0.1, 0.15) is 55.1 Å². The lowest BCUT2D eigenvalue weighted by Gasteiger charge is -2.23. The minimum absolute atomic E-state index is 0.347. The highest BCUT2D eigenvalue weighted by Crippen LogP contribution is 2.36. The summed E-state index contributed by atoms with van der Waals surface area (Å²) in [6.07, 6.45) is 4.91. The predicted octanol–water partition coefficient (Wildman–Crippen LogP) is 6.05. The van der Waals surface area contributed by atoms with Crippen molar-refractivity contribution >= 4 is 26.8 Å². The minimum Gasteiger partial charge on any atom is -0.357 e. The van der Waals surface area contributed by atoms with E-state index in [1.807, 2.05) is 0 Å². The maximum Gasteiger partial charge on any atom is 0.0480 e. The Morgan fingerprint density at radius 3 is 2.79 bits per heavy atom. The van der Waals surface area contributed by atoms with E-state index in [9.17, 15) is 0 Å². The predicted molar refractivity (Wildman–Crippen MR) is 104 cm³/mol. The molecule has 2 aromatic carbocycles. The Bertz CT molecular complexity index is 838. The third kappa shape index (κ3) is 3.03. The van der Waals surface area contributed by atoms with Crippen LogP contribution in [-0.2, 0) is 6.42 Å². The van der Waals surface area contributed by atoms with Gasteiger partial charge < -0.3 is 10.3 Å². The second-order valence-electron chi connectivity index (χ2n) is 6.80. The van der Waals surface area contributed by atoms with Gasteiger partial charge in [-0.15, -0.1) is 0 Å². The van der Waals surface area contributed by atoms with Crippen LogP contribution in [0.2, 0.25) is 0 Å². The largest absolute Gasteiger partial charge is 0.357 e. The lowest BCUT2D eigenvalue weighted by Crippen LogP contribution is -2.25. The van der Waals surface area contributed by atoms with Crippen molar-refractivity contribution in [1.82, 2.24) is 10.3 Å². The smallest absolute Gasteiger partial charge is 0.0480 e. The van der Waals surface area contributed by atoms with E-state index in [1.54, 1.807) is 0 Å². The fraction of sp³-hybridized carbons (Fsp3) is 0.333. The number of fused-ring (bicyclic) bond motifs is 3. The van der Waals surface area contributed by atoms with Crippen molar-refractivity contribution in [3.8, 4) is 0 Å². The Hall–Kier alpha value is -1.58. The van der Waals surface area contributed by atoms with Gasteiger partial charge in [0.2, 0.25) is 0 Å². The van der Waals surface area contributed by atoms with E-state index < -0.39 is 0 Å². The van der Waals surface area contributed by atoms with Crippen LogP contribution in [0.3, 0.4) is 0 Å². The van der Waals surface area contributed by atoms with Crippen molar-refractivity contribution in [2.24, 2.45) is 0 Å². The van der Waals surface area contributed by atoms with Crippen molar-refractivity contribution in [2.75, 3.05) is 0 Å². The summed E-state index contributed by atoms with van der Waals surface area (Å²) in [5.74, 6) is 0. The van der Waals surface area contributed by atoms with E-state index in [-0.39, 0.29) is 0 Å².